The quantitative estimate of drug-likeness (QED) is 0.532. The molecular formula is C18H20ClN3O7S2. The smallest absolute Gasteiger partial charge is 0.338 e. The zero-order chi connectivity index (χ0) is 23.4. The predicted molar refractivity (Wildman–Crippen MR) is 114 cm³/mol. The fraction of sp³-hybridized carbons (Fsp3) is 0.222. The van der Waals surface area contributed by atoms with Gasteiger partial charge in [0.1, 0.15) is 4.90 Å². The Morgan fingerprint density at radius 2 is 1.74 bits per heavy atom. The molecule has 0 aliphatic carbocycles. The Morgan fingerprint density at radius 1 is 1.06 bits per heavy atom. The molecule has 2 N–H and O–H groups in total. The van der Waals surface area contributed by atoms with Crippen molar-refractivity contribution in [2.45, 2.75) is 9.79 Å². The van der Waals surface area contributed by atoms with E-state index in [1.54, 1.807) is 0 Å². The topological polar surface area (TPSA) is 139 Å². The first-order chi connectivity index (χ1) is 14.4. The average Bonchev–Trinajstić information content (AvgIpc) is 2.73. The van der Waals surface area contributed by atoms with Crippen LogP contribution < -0.4 is 10.0 Å². The van der Waals surface area contributed by atoms with Crippen molar-refractivity contribution in [1.82, 2.24) is 9.03 Å². The lowest BCUT2D eigenvalue weighted by atomic mass is 10.2. The fourth-order valence-corrected chi connectivity index (χ4v) is 4.46. The summed E-state index contributed by atoms with van der Waals surface area (Å²) in [7, 11) is -3.67. The van der Waals surface area contributed by atoms with Gasteiger partial charge in [0.2, 0.25) is 20.0 Å². The van der Waals surface area contributed by atoms with Crippen LogP contribution in [-0.2, 0) is 29.6 Å². The van der Waals surface area contributed by atoms with Gasteiger partial charge in [-0.15, -0.1) is 0 Å². The summed E-state index contributed by atoms with van der Waals surface area (Å²) < 4.78 is 56.3. The van der Waals surface area contributed by atoms with E-state index in [0.29, 0.717) is 0 Å². The van der Waals surface area contributed by atoms with Crippen LogP contribution in [0.1, 0.15) is 10.4 Å². The highest BCUT2D eigenvalue weighted by atomic mass is 35.5. The number of hydrogen-bond acceptors (Lipinski definition) is 7. The Bertz CT molecular complexity index is 1210. The molecule has 0 unspecified atom stereocenters. The number of amides is 1. The first-order valence-corrected chi connectivity index (χ1v) is 11.9. The zero-order valence-corrected chi connectivity index (χ0v) is 19.1. The molecule has 0 bridgehead atoms. The number of nitrogens with zero attached hydrogens (tertiary/aromatic N) is 1. The predicted octanol–water partition coefficient (Wildman–Crippen LogP) is 1.29. The third kappa shape index (κ3) is 6.02. The van der Waals surface area contributed by atoms with Gasteiger partial charge >= 0.3 is 5.97 Å². The van der Waals surface area contributed by atoms with Crippen LogP contribution in [-0.4, -0.2) is 60.8 Å². The van der Waals surface area contributed by atoms with E-state index in [9.17, 15) is 26.4 Å². The molecule has 31 heavy (non-hydrogen) atoms. The van der Waals surface area contributed by atoms with Crippen LogP contribution in [0.3, 0.4) is 0 Å². The van der Waals surface area contributed by atoms with Crippen LogP contribution >= 0.6 is 11.6 Å². The highest BCUT2D eigenvalue weighted by Gasteiger charge is 2.22. The Hall–Kier alpha value is -2.51. The van der Waals surface area contributed by atoms with Crippen molar-refractivity contribution in [2.75, 3.05) is 33.1 Å². The maximum absolute atomic E-state index is 12.3. The molecule has 2 aromatic carbocycles. The molecule has 0 saturated carbocycles. The van der Waals surface area contributed by atoms with Crippen molar-refractivity contribution in [3.05, 3.63) is 53.1 Å². The summed E-state index contributed by atoms with van der Waals surface area (Å²) in [6.45, 7) is -0.680. The lowest BCUT2D eigenvalue weighted by Gasteiger charge is -2.14. The SMILES string of the molecule is CNS(=O)(=O)c1cccc(C(=O)OCC(=O)Nc2ccc(Cl)c(S(=O)(=O)N(C)C)c2)c1. The largest absolute Gasteiger partial charge is 0.452 e. The molecule has 0 aliphatic rings. The van der Waals surface area contributed by atoms with E-state index in [4.69, 9.17) is 16.3 Å². The number of esters is 1. The number of nitrogens with one attached hydrogen (secondary N) is 2. The zero-order valence-electron chi connectivity index (χ0n) is 16.7. The third-order valence-electron chi connectivity index (χ3n) is 3.96. The molecule has 0 fully saturated rings. The van der Waals surface area contributed by atoms with Gasteiger partial charge in [0.05, 0.1) is 15.5 Å². The summed E-state index contributed by atoms with van der Waals surface area (Å²) in [5, 5.41) is 2.39. The molecule has 0 atom stereocenters. The van der Waals surface area contributed by atoms with E-state index >= 15 is 0 Å². The number of hydrogen-bond donors (Lipinski definition) is 2. The number of ether oxygens (including phenoxy) is 1. The Kier molecular flexibility index (Phi) is 7.78. The molecule has 168 valence electrons. The van der Waals surface area contributed by atoms with Crippen molar-refractivity contribution in [3.63, 3.8) is 0 Å². The Morgan fingerprint density at radius 3 is 2.35 bits per heavy atom. The number of carbonyl (C=O) groups excluding carboxylic acids is 2. The molecule has 0 aliphatic heterocycles. The number of benzene rings is 2. The van der Waals surface area contributed by atoms with Gasteiger partial charge in [-0.2, -0.15) is 0 Å². The highest BCUT2D eigenvalue weighted by Crippen LogP contribution is 2.26. The average molecular weight is 490 g/mol. The second-order valence-corrected chi connectivity index (χ2v) is 10.7. The normalized spacial score (nSPS) is 11.9. The van der Waals surface area contributed by atoms with Gasteiger partial charge in [0.25, 0.3) is 5.91 Å². The van der Waals surface area contributed by atoms with Crippen molar-refractivity contribution in [3.8, 4) is 0 Å². The second kappa shape index (κ2) is 9.75. The van der Waals surface area contributed by atoms with Crippen molar-refractivity contribution in [2.24, 2.45) is 0 Å². The van der Waals surface area contributed by atoms with E-state index in [1.807, 2.05) is 0 Å². The van der Waals surface area contributed by atoms with Gasteiger partial charge < -0.3 is 10.1 Å². The molecule has 13 heteroatoms. The summed E-state index contributed by atoms with van der Waals surface area (Å²) in [4.78, 5) is 23.9. The maximum Gasteiger partial charge on any atom is 0.338 e. The summed E-state index contributed by atoms with van der Waals surface area (Å²) in [6, 6.07) is 9.01. The number of anilines is 1. The summed E-state index contributed by atoms with van der Waals surface area (Å²) in [5.74, 6) is -1.64. The van der Waals surface area contributed by atoms with Crippen LogP contribution in [0.15, 0.2) is 52.3 Å². The van der Waals surface area contributed by atoms with Gasteiger partial charge in [0.15, 0.2) is 6.61 Å². The molecule has 1 amide bonds. The van der Waals surface area contributed by atoms with E-state index in [1.165, 1.54) is 57.5 Å². The highest BCUT2D eigenvalue weighted by molar-refractivity contribution is 7.89. The third-order valence-corrected chi connectivity index (χ3v) is 7.67. The molecule has 10 nitrogen and oxygen atoms in total. The molecule has 0 radical (unpaired) electrons. The van der Waals surface area contributed by atoms with Crippen molar-refractivity contribution >= 4 is 49.2 Å². The second-order valence-electron chi connectivity index (χ2n) is 6.29. The van der Waals surface area contributed by atoms with E-state index in [-0.39, 0.29) is 26.1 Å². The molecule has 2 rings (SSSR count). The van der Waals surface area contributed by atoms with Crippen LogP contribution in [0, 0.1) is 0 Å². The van der Waals surface area contributed by atoms with Gasteiger partial charge in [-0.1, -0.05) is 17.7 Å². The fourth-order valence-electron chi connectivity index (χ4n) is 2.30. The molecule has 0 spiro atoms. The van der Waals surface area contributed by atoms with Crippen LogP contribution in [0.25, 0.3) is 0 Å². The molecule has 0 saturated heterocycles. The molecule has 0 heterocycles. The van der Waals surface area contributed by atoms with E-state index in [2.05, 4.69) is 10.0 Å². The Labute approximate surface area is 185 Å². The standard InChI is InChI=1S/C18H20ClN3O7S2/c1-20-30(25,26)14-6-4-5-12(9-14)18(24)29-11-17(23)21-13-7-8-15(19)16(10-13)31(27,28)22(2)3/h4-10,20H,11H2,1-3H3,(H,21,23). The van der Waals surface area contributed by atoms with Gasteiger partial charge in [-0.25, -0.2) is 30.7 Å². The first kappa shape index (κ1) is 24.8. The number of halogens is 1. The Balaban J connectivity index is 2.08. The van der Waals surface area contributed by atoms with Gasteiger partial charge in [-0.3, -0.25) is 4.79 Å². The van der Waals surface area contributed by atoms with Crippen LogP contribution in [0.5, 0.6) is 0 Å². The lowest BCUT2D eigenvalue weighted by Crippen LogP contribution is -2.24. The van der Waals surface area contributed by atoms with Crippen molar-refractivity contribution < 1.29 is 31.2 Å². The van der Waals surface area contributed by atoms with E-state index in [0.717, 1.165) is 10.4 Å². The lowest BCUT2D eigenvalue weighted by molar-refractivity contribution is -0.119. The van der Waals surface area contributed by atoms with Crippen LogP contribution in [0.4, 0.5) is 5.69 Å². The number of rotatable bonds is 8. The number of sulfonamides is 2. The van der Waals surface area contributed by atoms with Crippen molar-refractivity contribution in [1.29, 1.82) is 0 Å². The summed E-state index contributed by atoms with van der Waals surface area (Å²) >= 11 is 5.95. The monoisotopic (exact) mass is 489 g/mol. The number of carbonyl (C=O) groups is 2. The maximum atomic E-state index is 12.3. The molecule has 0 aromatic heterocycles. The van der Waals surface area contributed by atoms with Gasteiger partial charge in [0, 0.05) is 19.8 Å². The minimum absolute atomic E-state index is 0.0190. The molecule has 2 aromatic rings. The minimum Gasteiger partial charge on any atom is -0.452 e. The minimum atomic E-state index is -3.84. The summed E-state index contributed by atoms with van der Waals surface area (Å²) in [5.41, 5.74) is 0.0722. The molecular weight excluding hydrogens is 470 g/mol. The summed E-state index contributed by atoms with van der Waals surface area (Å²) in [6.07, 6.45) is 0. The first-order valence-electron chi connectivity index (χ1n) is 8.61. The van der Waals surface area contributed by atoms with Gasteiger partial charge in [-0.05, 0) is 43.4 Å². The van der Waals surface area contributed by atoms with Crippen LogP contribution in [0.2, 0.25) is 5.02 Å². The van der Waals surface area contributed by atoms with E-state index < -0.39 is 38.5 Å².